The molecule has 0 bridgehead atoms. The van der Waals surface area contributed by atoms with Gasteiger partial charge in [-0.2, -0.15) is 4.98 Å². The number of aliphatic hydroxyl groups is 1. The maximum atomic E-state index is 12.6. The van der Waals surface area contributed by atoms with Crippen LogP contribution in [0.1, 0.15) is 42.8 Å². The van der Waals surface area contributed by atoms with Crippen molar-refractivity contribution in [3.63, 3.8) is 0 Å². The van der Waals surface area contributed by atoms with Crippen LogP contribution in [0, 0.1) is 5.92 Å². The number of nitrogens with one attached hydrogen (secondary N) is 1. The number of esters is 1. The van der Waals surface area contributed by atoms with Crippen molar-refractivity contribution in [1.82, 2.24) is 19.5 Å². The summed E-state index contributed by atoms with van der Waals surface area (Å²) in [6, 6.07) is -0.197. The van der Waals surface area contributed by atoms with Gasteiger partial charge in [0.1, 0.15) is 16.5 Å². The Hall–Kier alpha value is -2.53. The fourth-order valence-corrected chi connectivity index (χ4v) is 5.06. The number of carbonyl (C=O) groups is 1. The van der Waals surface area contributed by atoms with Gasteiger partial charge in [-0.1, -0.05) is 13.8 Å². The number of ether oxygens (including phenoxy) is 1. The van der Waals surface area contributed by atoms with Gasteiger partial charge < -0.3 is 24.6 Å². The Kier molecular flexibility index (Phi) is 6.24. The molecule has 2 aromatic rings. The second-order valence-electron chi connectivity index (χ2n) is 8.00. The molecule has 4 rings (SSSR count). The van der Waals surface area contributed by atoms with E-state index in [9.17, 15) is 14.1 Å². The van der Waals surface area contributed by atoms with Crippen LogP contribution < -0.4 is 10.2 Å². The summed E-state index contributed by atoms with van der Waals surface area (Å²) in [5.74, 6) is 2.09. The Balaban J connectivity index is 1.62. The molecular formula is C20H28N6O4S. The van der Waals surface area contributed by atoms with E-state index in [4.69, 9.17) is 14.7 Å². The second-order valence-corrected chi connectivity index (χ2v) is 9.51. The third-order valence-corrected chi connectivity index (χ3v) is 7.03. The molecule has 0 unspecified atom stereocenters. The molecule has 0 amide bonds. The third kappa shape index (κ3) is 4.29. The molecule has 0 saturated carbocycles. The van der Waals surface area contributed by atoms with E-state index >= 15 is 0 Å². The summed E-state index contributed by atoms with van der Waals surface area (Å²) in [7, 11) is -1.15. The van der Waals surface area contributed by atoms with E-state index in [-0.39, 0.29) is 18.6 Å². The van der Waals surface area contributed by atoms with Crippen molar-refractivity contribution in [3.8, 4) is 0 Å². The molecule has 0 spiro atoms. The first-order chi connectivity index (χ1) is 14.9. The molecule has 2 aromatic heterocycles. The molecule has 0 fully saturated rings. The van der Waals surface area contributed by atoms with Crippen molar-refractivity contribution in [1.29, 1.82) is 0 Å². The van der Waals surface area contributed by atoms with Crippen LogP contribution in [0.4, 0.5) is 11.8 Å². The monoisotopic (exact) mass is 448 g/mol. The Morgan fingerprint density at radius 2 is 2.13 bits per heavy atom. The first-order valence-corrected chi connectivity index (χ1v) is 11.9. The first-order valence-electron chi connectivity index (χ1n) is 10.6. The summed E-state index contributed by atoms with van der Waals surface area (Å²) in [5.41, 5.74) is 1.08. The van der Waals surface area contributed by atoms with E-state index < -0.39 is 16.8 Å². The number of aliphatic hydroxyl groups excluding tert-OH is 1. The average Bonchev–Trinajstić information content (AvgIpc) is 3.35. The summed E-state index contributed by atoms with van der Waals surface area (Å²) in [5, 5.41) is 13.0. The molecule has 0 aromatic carbocycles. The van der Waals surface area contributed by atoms with Crippen molar-refractivity contribution in [2.75, 3.05) is 35.7 Å². The van der Waals surface area contributed by atoms with Gasteiger partial charge in [0, 0.05) is 31.5 Å². The van der Waals surface area contributed by atoms with Crippen LogP contribution in [0.15, 0.2) is 11.1 Å². The lowest BCUT2D eigenvalue weighted by Gasteiger charge is -2.29. The second kappa shape index (κ2) is 8.91. The van der Waals surface area contributed by atoms with E-state index in [2.05, 4.69) is 10.3 Å². The normalized spacial score (nSPS) is 18.6. The molecule has 0 radical (unpaired) electrons. The van der Waals surface area contributed by atoms with Gasteiger partial charge in [-0.3, -0.25) is 4.21 Å². The Labute approximate surface area is 183 Å². The molecule has 4 heterocycles. The Morgan fingerprint density at radius 1 is 1.32 bits per heavy atom. The minimum absolute atomic E-state index is 0.0454. The van der Waals surface area contributed by atoms with Crippen LogP contribution in [-0.4, -0.2) is 66.4 Å². The first kappa shape index (κ1) is 21.7. The number of aryl methyl sites for hydroxylation is 1. The van der Waals surface area contributed by atoms with Crippen LogP contribution in [0.25, 0.3) is 0 Å². The van der Waals surface area contributed by atoms with Crippen molar-refractivity contribution in [3.05, 3.63) is 23.4 Å². The molecule has 10 nitrogen and oxygen atoms in total. The van der Waals surface area contributed by atoms with Gasteiger partial charge in [-0.25, -0.2) is 14.8 Å². The van der Waals surface area contributed by atoms with Gasteiger partial charge in [-0.05, 0) is 12.8 Å². The largest absolute Gasteiger partial charge is 0.461 e. The molecule has 2 aliphatic heterocycles. The fourth-order valence-electron chi connectivity index (χ4n) is 3.75. The number of hydrogen-bond donors (Lipinski definition) is 2. The minimum Gasteiger partial charge on any atom is -0.461 e. The number of hydrogen-bond acceptors (Lipinski definition) is 9. The minimum atomic E-state index is -1.15. The number of carbonyl (C=O) groups excluding carboxylic acids is 1. The number of anilines is 2. The summed E-state index contributed by atoms with van der Waals surface area (Å²) >= 11 is 0. The van der Waals surface area contributed by atoms with Crippen LogP contribution in [-0.2, 0) is 35.0 Å². The van der Waals surface area contributed by atoms with E-state index in [1.54, 1.807) is 13.1 Å². The van der Waals surface area contributed by atoms with Gasteiger partial charge in [0.25, 0.3) is 0 Å². The van der Waals surface area contributed by atoms with Gasteiger partial charge >= 0.3 is 5.97 Å². The van der Waals surface area contributed by atoms with Crippen LogP contribution in [0.5, 0.6) is 0 Å². The Bertz CT molecular complexity index is 1010. The van der Waals surface area contributed by atoms with Crippen LogP contribution in [0.3, 0.4) is 0 Å². The zero-order valence-electron chi connectivity index (χ0n) is 18.0. The zero-order valence-corrected chi connectivity index (χ0v) is 18.8. The van der Waals surface area contributed by atoms with Crippen molar-refractivity contribution in [2.24, 2.45) is 5.92 Å². The zero-order chi connectivity index (χ0) is 22.1. The SMILES string of the molecule is CCOC(=O)c1cn2c(n1)CN(c1nc3c(c(N[C@@H](CO)C(C)C)n1)[S@](=O)CC3)CC2. The fraction of sp³-hybridized carbons (Fsp3) is 0.600. The number of fused-ring (bicyclic) bond motifs is 2. The third-order valence-electron chi connectivity index (χ3n) is 5.57. The number of aromatic nitrogens is 4. The smallest absolute Gasteiger partial charge is 0.358 e. The van der Waals surface area contributed by atoms with Gasteiger partial charge in [0.2, 0.25) is 5.95 Å². The Morgan fingerprint density at radius 3 is 2.84 bits per heavy atom. The molecule has 2 N–H and O–H groups in total. The van der Waals surface area contributed by atoms with E-state index in [0.717, 1.165) is 11.5 Å². The van der Waals surface area contributed by atoms with Gasteiger partial charge in [0.05, 0.1) is 42.3 Å². The summed E-state index contributed by atoms with van der Waals surface area (Å²) in [4.78, 5) is 28.5. The van der Waals surface area contributed by atoms with E-state index in [0.29, 0.717) is 60.8 Å². The quantitative estimate of drug-likeness (QED) is 0.596. The molecular weight excluding hydrogens is 420 g/mol. The summed E-state index contributed by atoms with van der Waals surface area (Å²) in [6.07, 6.45) is 2.35. The lowest BCUT2D eigenvalue weighted by atomic mass is 10.1. The molecule has 0 aliphatic carbocycles. The average molecular weight is 449 g/mol. The highest BCUT2D eigenvalue weighted by Crippen LogP contribution is 2.31. The van der Waals surface area contributed by atoms with Gasteiger partial charge in [0.15, 0.2) is 5.69 Å². The molecule has 2 atom stereocenters. The molecule has 168 valence electrons. The highest BCUT2D eigenvalue weighted by molar-refractivity contribution is 7.85. The number of nitrogens with zero attached hydrogens (tertiary/aromatic N) is 5. The molecule has 0 saturated heterocycles. The highest BCUT2D eigenvalue weighted by Gasteiger charge is 2.30. The van der Waals surface area contributed by atoms with E-state index in [1.165, 1.54) is 0 Å². The molecule has 11 heteroatoms. The summed E-state index contributed by atoms with van der Waals surface area (Å²) in [6.45, 7) is 7.79. The lowest BCUT2D eigenvalue weighted by molar-refractivity contribution is 0.0520. The van der Waals surface area contributed by atoms with Crippen molar-refractivity contribution < 1.29 is 18.8 Å². The highest BCUT2D eigenvalue weighted by atomic mass is 32.2. The maximum Gasteiger partial charge on any atom is 0.358 e. The topological polar surface area (TPSA) is 122 Å². The van der Waals surface area contributed by atoms with Crippen LogP contribution >= 0.6 is 0 Å². The van der Waals surface area contributed by atoms with Gasteiger partial charge in [-0.15, -0.1) is 0 Å². The standard InChI is InChI=1S/C20H28N6O4S/c1-4-30-19(28)14-9-25-6-7-26(10-16(25)21-14)20-23-13-5-8-31(29)17(13)18(24-20)22-15(11-27)12(2)3/h9,12,15,27H,4-8,10-11H2,1-3H3,(H,22,23,24)/t15-,31+/m0/s1. The van der Waals surface area contributed by atoms with Crippen molar-refractivity contribution >= 4 is 28.5 Å². The summed E-state index contributed by atoms with van der Waals surface area (Å²) < 4.78 is 19.6. The number of rotatable bonds is 7. The maximum absolute atomic E-state index is 12.6. The van der Waals surface area contributed by atoms with E-state index in [1.807, 2.05) is 23.3 Å². The lowest BCUT2D eigenvalue weighted by Crippen LogP contribution is -2.35. The number of imidazole rings is 1. The van der Waals surface area contributed by atoms with Crippen molar-refractivity contribution in [2.45, 2.75) is 51.2 Å². The molecule has 31 heavy (non-hydrogen) atoms. The molecule has 2 aliphatic rings. The predicted molar refractivity (Wildman–Crippen MR) is 116 cm³/mol. The van der Waals surface area contributed by atoms with Crippen LogP contribution in [0.2, 0.25) is 0 Å². The predicted octanol–water partition coefficient (Wildman–Crippen LogP) is 0.962.